The number of nitrogens with zero attached hydrogens (tertiary/aromatic N) is 2. The molecule has 0 aliphatic carbocycles. The van der Waals surface area contributed by atoms with Crippen molar-refractivity contribution in [2.45, 2.75) is 52.1 Å². The summed E-state index contributed by atoms with van der Waals surface area (Å²) in [6, 6.07) is 15.8. The van der Waals surface area contributed by atoms with Crippen LogP contribution in [0.3, 0.4) is 0 Å². The smallest absolute Gasteiger partial charge is 0.262 e. The average molecular weight is 424 g/mol. The molecule has 0 radical (unpaired) electrons. The number of fused-ring (bicyclic) bond motifs is 1. The molecule has 6 heteroatoms. The maximum atomic E-state index is 12.6. The Labute approximate surface area is 182 Å². The van der Waals surface area contributed by atoms with Crippen molar-refractivity contribution in [3.8, 4) is 0 Å². The van der Waals surface area contributed by atoms with E-state index >= 15 is 0 Å². The second-order valence-electron chi connectivity index (χ2n) is 7.66. The molecule has 0 aliphatic rings. The van der Waals surface area contributed by atoms with Gasteiger partial charge in [-0.1, -0.05) is 49.7 Å². The lowest BCUT2D eigenvalue weighted by Crippen LogP contribution is -2.26. The molecule has 3 rings (SSSR count). The molecule has 3 aromatic rings. The molecule has 1 amide bonds. The zero-order chi connectivity index (χ0) is 21.5. The zero-order valence-corrected chi connectivity index (χ0v) is 18.5. The van der Waals surface area contributed by atoms with Gasteiger partial charge in [0, 0.05) is 26.6 Å². The molecule has 30 heavy (non-hydrogen) atoms. The SMILES string of the molecule is CCc1ccc(CN(C)C(=O)CCCCCn2c(=S)[nH]c3ccccc3c2=O)cc1. The van der Waals surface area contributed by atoms with Gasteiger partial charge in [-0.2, -0.15) is 0 Å². The number of nitrogens with one attached hydrogen (secondary N) is 1. The van der Waals surface area contributed by atoms with Crippen molar-refractivity contribution in [1.29, 1.82) is 0 Å². The summed E-state index contributed by atoms with van der Waals surface area (Å²) < 4.78 is 2.06. The molecule has 2 aromatic carbocycles. The third kappa shape index (κ3) is 5.45. The largest absolute Gasteiger partial charge is 0.341 e. The Balaban J connectivity index is 1.45. The van der Waals surface area contributed by atoms with E-state index in [-0.39, 0.29) is 11.5 Å². The van der Waals surface area contributed by atoms with Gasteiger partial charge in [-0.15, -0.1) is 0 Å². The summed E-state index contributed by atoms with van der Waals surface area (Å²) in [6.45, 7) is 3.33. The number of carbonyl (C=O) groups is 1. The molecule has 0 aliphatic heterocycles. The van der Waals surface area contributed by atoms with Crippen molar-refractivity contribution in [2.75, 3.05) is 7.05 Å². The predicted octanol–water partition coefficient (Wildman–Crippen LogP) is 4.84. The second kappa shape index (κ2) is 10.3. The molecule has 0 bridgehead atoms. The third-order valence-electron chi connectivity index (χ3n) is 5.44. The fourth-order valence-electron chi connectivity index (χ4n) is 3.56. The fourth-order valence-corrected chi connectivity index (χ4v) is 3.84. The topological polar surface area (TPSA) is 58.1 Å². The highest BCUT2D eigenvalue weighted by Crippen LogP contribution is 2.11. The van der Waals surface area contributed by atoms with Crippen LogP contribution in [0.25, 0.3) is 10.9 Å². The molecule has 1 N–H and O–H groups in total. The van der Waals surface area contributed by atoms with Gasteiger partial charge in [0.05, 0.1) is 10.9 Å². The molecule has 1 aromatic heterocycles. The first-order valence-electron chi connectivity index (χ1n) is 10.5. The molecule has 5 nitrogen and oxygen atoms in total. The standard InChI is InChI=1S/C24H29N3O2S/c1-3-18-12-14-19(15-13-18)17-26(2)22(28)11-5-4-8-16-27-23(29)20-9-6-7-10-21(20)25-24(27)30/h6-7,9-10,12-15H,3-5,8,11,16-17H2,1-2H3,(H,25,30). The molecule has 0 atom stereocenters. The predicted molar refractivity (Wildman–Crippen MR) is 124 cm³/mol. The summed E-state index contributed by atoms with van der Waals surface area (Å²) in [4.78, 5) is 30.0. The number of hydrogen-bond acceptors (Lipinski definition) is 3. The Hall–Kier alpha value is -2.73. The van der Waals surface area contributed by atoms with Crippen LogP contribution in [0, 0.1) is 4.77 Å². The number of rotatable bonds is 9. The summed E-state index contributed by atoms with van der Waals surface area (Å²) in [5.41, 5.74) is 3.16. The van der Waals surface area contributed by atoms with Crippen molar-refractivity contribution < 1.29 is 4.79 Å². The number of carbonyl (C=O) groups excluding carboxylic acids is 1. The highest BCUT2D eigenvalue weighted by Gasteiger charge is 2.10. The Morgan fingerprint density at radius 2 is 1.73 bits per heavy atom. The third-order valence-corrected chi connectivity index (χ3v) is 5.76. The van der Waals surface area contributed by atoms with E-state index in [2.05, 4.69) is 36.2 Å². The van der Waals surface area contributed by atoms with Gasteiger partial charge in [0.15, 0.2) is 4.77 Å². The van der Waals surface area contributed by atoms with E-state index in [4.69, 9.17) is 12.2 Å². The van der Waals surface area contributed by atoms with Crippen LogP contribution in [0.1, 0.15) is 43.7 Å². The number of para-hydroxylation sites is 1. The fraction of sp³-hybridized carbons (Fsp3) is 0.375. The first kappa shape index (κ1) is 22.0. The van der Waals surface area contributed by atoms with Crippen LogP contribution in [0.15, 0.2) is 53.3 Å². The van der Waals surface area contributed by atoms with Crippen molar-refractivity contribution in [3.05, 3.63) is 74.8 Å². The van der Waals surface area contributed by atoms with E-state index in [9.17, 15) is 9.59 Å². The van der Waals surface area contributed by atoms with Gasteiger partial charge >= 0.3 is 0 Å². The van der Waals surface area contributed by atoms with Gasteiger partial charge in [0.25, 0.3) is 5.56 Å². The molecule has 0 saturated heterocycles. The van der Waals surface area contributed by atoms with E-state index in [1.807, 2.05) is 31.3 Å². The Kier molecular flexibility index (Phi) is 7.57. The van der Waals surface area contributed by atoms with E-state index < -0.39 is 0 Å². The van der Waals surface area contributed by atoms with Crippen LogP contribution < -0.4 is 5.56 Å². The van der Waals surface area contributed by atoms with Gasteiger partial charge < -0.3 is 9.88 Å². The first-order chi connectivity index (χ1) is 14.5. The molecular weight excluding hydrogens is 394 g/mol. The minimum atomic E-state index is -0.0562. The summed E-state index contributed by atoms with van der Waals surface area (Å²) in [6.07, 6.45) is 4.02. The summed E-state index contributed by atoms with van der Waals surface area (Å²) in [7, 11) is 1.85. The zero-order valence-electron chi connectivity index (χ0n) is 17.7. The van der Waals surface area contributed by atoms with Gasteiger partial charge in [-0.05, 0) is 54.7 Å². The van der Waals surface area contributed by atoms with E-state index in [0.717, 1.165) is 36.8 Å². The van der Waals surface area contributed by atoms with Crippen LogP contribution >= 0.6 is 12.2 Å². The van der Waals surface area contributed by atoms with Gasteiger partial charge in [0.1, 0.15) is 0 Å². The molecule has 0 saturated carbocycles. The lowest BCUT2D eigenvalue weighted by molar-refractivity contribution is -0.130. The van der Waals surface area contributed by atoms with E-state index in [1.165, 1.54) is 5.56 Å². The van der Waals surface area contributed by atoms with Crippen LogP contribution in [0.2, 0.25) is 0 Å². The average Bonchev–Trinajstić information content (AvgIpc) is 2.75. The van der Waals surface area contributed by atoms with Gasteiger partial charge in [-0.25, -0.2) is 0 Å². The molecule has 0 fully saturated rings. The second-order valence-corrected chi connectivity index (χ2v) is 8.05. The van der Waals surface area contributed by atoms with Crippen molar-refractivity contribution in [2.24, 2.45) is 0 Å². The minimum Gasteiger partial charge on any atom is -0.341 e. The molecular formula is C24H29N3O2S. The lowest BCUT2D eigenvalue weighted by Gasteiger charge is -2.17. The molecule has 158 valence electrons. The number of amides is 1. The number of hydrogen-bond donors (Lipinski definition) is 1. The minimum absolute atomic E-state index is 0.0562. The van der Waals surface area contributed by atoms with Crippen molar-refractivity contribution in [3.63, 3.8) is 0 Å². The van der Waals surface area contributed by atoms with Crippen LogP contribution in [-0.4, -0.2) is 27.4 Å². The molecule has 1 heterocycles. The number of unbranched alkanes of at least 4 members (excludes halogenated alkanes) is 2. The van der Waals surface area contributed by atoms with Crippen LogP contribution in [0.5, 0.6) is 0 Å². The lowest BCUT2D eigenvalue weighted by atomic mass is 10.1. The maximum Gasteiger partial charge on any atom is 0.262 e. The Morgan fingerprint density at radius 1 is 1.03 bits per heavy atom. The maximum absolute atomic E-state index is 12.6. The van der Waals surface area contributed by atoms with Crippen molar-refractivity contribution in [1.82, 2.24) is 14.5 Å². The highest BCUT2D eigenvalue weighted by molar-refractivity contribution is 7.71. The number of aryl methyl sites for hydroxylation is 1. The number of aromatic nitrogens is 2. The summed E-state index contributed by atoms with van der Waals surface area (Å²) in [5, 5.41) is 0.648. The Bertz CT molecular complexity index is 1120. The van der Waals surface area contributed by atoms with E-state index in [0.29, 0.717) is 29.7 Å². The number of H-pyrrole nitrogens is 1. The summed E-state index contributed by atoms with van der Waals surface area (Å²) in [5.74, 6) is 0.148. The summed E-state index contributed by atoms with van der Waals surface area (Å²) >= 11 is 5.35. The number of benzene rings is 2. The first-order valence-corrected chi connectivity index (χ1v) is 10.9. The Morgan fingerprint density at radius 3 is 2.47 bits per heavy atom. The van der Waals surface area contributed by atoms with E-state index in [1.54, 1.807) is 9.47 Å². The molecule has 0 spiro atoms. The quantitative estimate of drug-likeness (QED) is 0.396. The van der Waals surface area contributed by atoms with Gasteiger partial charge in [-0.3, -0.25) is 14.2 Å². The van der Waals surface area contributed by atoms with Crippen LogP contribution in [-0.2, 0) is 24.3 Å². The monoisotopic (exact) mass is 423 g/mol. The highest BCUT2D eigenvalue weighted by atomic mass is 32.1. The normalized spacial score (nSPS) is 11.0. The van der Waals surface area contributed by atoms with Crippen LogP contribution in [0.4, 0.5) is 0 Å². The van der Waals surface area contributed by atoms with Gasteiger partial charge in [0.2, 0.25) is 5.91 Å². The molecule has 0 unspecified atom stereocenters. The van der Waals surface area contributed by atoms with Crippen molar-refractivity contribution >= 4 is 29.0 Å². The number of aromatic amines is 1.